The monoisotopic (exact) mass is 596 g/mol. The molecule has 2 amide bonds. The molecule has 1 N–H and O–H groups in total. The van der Waals surface area contributed by atoms with E-state index >= 15 is 0 Å². The van der Waals surface area contributed by atoms with Crippen LogP contribution in [0.3, 0.4) is 0 Å². The summed E-state index contributed by atoms with van der Waals surface area (Å²) in [5.41, 5.74) is 1.01. The van der Waals surface area contributed by atoms with Gasteiger partial charge in [-0.1, -0.05) is 67.6 Å². The Labute approximate surface area is 246 Å². The zero-order valence-corrected chi connectivity index (χ0v) is 24.9. The Kier molecular flexibility index (Phi) is 11.0. The van der Waals surface area contributed by atoms with Crippen LogP contribution >= 0.6 is 0 Å². The van der Waals surface area contributed by atoms with Gasteiger partial charge in [-0.2, -0.15) is 0 Å². The van der Waals surface area contributed by atoms with Crippen LogP contribution < -0.4 is 14.4 Å². The van der Waals surface area contributed by atoms with Crippen molar-refractivity contribution in [3.8, 4) is 5.75 Å². The molecule has 0 saturated heterocycles. The molecule has 3 rings (SSSR count). The van der Waals surface area contributed by atoms with Crippen molar-refractivity contribution in [2.45, 2.75) is 45.3 Å². The van der Waals surface area contributed by atoms with Gasteiger partial charge in [-0.05, 0) is 30.5 Å². The van der Waals surface area contributed by atoms with Crippen LogP contribution in [0.5, 0.6) is 5.75 Å². The first-order valence-electron chi connectivity index (χ1n) is 13.4. The number of amides is 2. The maximum Gasteiger partial charge on any atom is 0.271 e. The van der Waals surface area contributed by atoms with E-state index < -0.39 is 33.4 Å². The van der Waals surface area contributed by atoms with E-state index in [9.17, 15) is 28.1 Å². The summed E-state index contributed by atoms with van der Waals surface area (Å²) in [6, 6.07) is 20.6. The molecule has 0 aliphatic rings. The molecule has 42 heavy (non-hydrogen) atoms. The van der Waals surface area contributed by atoms with Crippen LogP contribution in [-0.2, 0) is 32.6 Å². The second-order valence-corrected chi connectivity index (χ2v) is 11.8. The summed E-state index contributed by atoms with van der Waals surface area (Å²) in [6.07, 6.45) is 1.75. The van der Waals surface area contributed by atoms with Gasteiger partial charge in [0.15, 0.2) is 0 Å². The van der Waals surface area contributed by atoms with Gasteiger partial charge in [-0.25, -0.2) is 8.42 Å². The van der Waals surface area contributed by atoms with Crippen LogP contribution in [0.15, 0.2) is 78.9 Å². The lowest BCUT2D eigenvalue weighted by Crippen LogP contribution is -2.54. The first kappa shape index (κ1) is 32.1. The smallest absolute Gasteiger partial charge is 0.271 e. The van der Waals surface area contributed by atoms with Crippen LogP contribution in [0.1, 0.15) is 31.4 Å². The van der Waals surface area contributed by atoms with E-state index in [2.05, 4.69) is 5.32 Å². The number of hydrogen-bond acceptors (Lipinski definition) is 7. The zero-order valence-electron chi connectivity index (χ0n) is 24.1. The van der Waals surface area contributed by atoms with Crippen molar-refractivity contribution >= 4 is 33.2 Å². The summed E-state index contributed by atoms with van der Waals surface area (Å²) in [6.45, 7) is 3.10. The molecule has 0 aliphatic carbocycles. The van der Waals surface area contributed by atoms with Gasteiger partial charge in [0.1, 0.15) is 24.0 Å². The predicted octanol–water partition coefficient (Wildman–Crippen LogP) is 3.92. The van der Waals surface area contributed by atoms with Crippen molar-refractivity contribution in [2.24, 2.45) is 0 Å². The van der Waals surface area contributed by atoms with Gasteiger partial charge in [-0.15, -0.1) is 0 Å². The van der Waals surface area contributed by atoms with Crippen LogP contribution in [0.2, 0.25) is 0 Å². The van der Waals surface area contributed by atoms with E-state index in [1.54, 1.807) is 12.1 Å². The molecule has 0 unspecified atom stereocenters. The highest BCUT2D eigenvalue weighted by molar-refractivity contribution is 7.92. The highest BCUT2D eigenvalue weighted by Crippen LogP contribution is 2.34. The minimum Gasteiger partial charge on any atom is -0.495 e. The highest BCUT2D eigenvalue weighted by atomic mass is 32.2. The van der Waals surface area contributed by atoms with E-state index in [0.29, 0.717) is 6.42 Å². The molecule has 12 heteroatoms. The quantitative estimate of drug-likeness (QED) is 0.220. The Hall–Kier alpha value is -4.45. The third-order valence-electron chi connectivity index (χ3n) is 6.79. The van der Waals surface area contributed by atoms with Gasteiger partial charge in [-0.3, -0.25) is 24.0 Å². The second kappa shape index (κ2) is 14.4. The topological polar surface area (TPSA) is 139 Å². The number of nitro benzene ring substituents is 1. The van der Waals surface area contributed by atoms with Crippen molar-refractivity contribution < 1.29 is 27.7 Å². The number of anilines is 1. The molecule has 0 fully saturated rings. The molecule has 11 nitrogen and oxygen atoms in total. The van der Waals surface area contributed by atoms with Gasteiger partial charge in [0, 0.05) is 31.1 Å². The van der Waals surface area contributed by atoms with Gasteiger partial charge in [0.05, 0.1) is 18.3 Å². The van der Waals surface area contributed by atoms with Crippen LogP contribution in [0.25, 0.3) is 0 Å². The zero-order chi connectivity index (χ0) is 30.9. The summed E-state index contributed by atoms with van der Waals surface area (Å²) < 4.78 is 32.1. The Morgan fingerprint density at radius 2 is 1.60 bits per heavy atom. The molecule has 0 bridgehead atoms. The van der Waals surface area contributed by atoms with E-state index in [0.717, 1.165) is 27.8 Å². The molecule has 0 radical (unpaired) electrons. The summed E-state index contributed by atoms with van der Waals surface area (Å²) in [5.74, 6) is -1.02. The number of ether oxygens (including phenoxy) is 1. The van der Waals surface area contributed by atoms with E-state index in [1.165, 1.54) is 24.1 Å². The largest absolute Gasteiger partial charge is 0.495 e. The first-order valence-corrected chi connectivity index (χ1v) is 15.3. The van der Waals surface area contributed by atoms with Gasteiger partial charge in [0.25, 0.3) is 5.69 Å². The second-order valence-electron chi connectivity index (χ2n) is 9.91. The number of carbonyl (C=O) groups excluding carboxylic acids is 2. The molecule has 0 heterocycles. The van der Waals surface area contributed by atoms with Crippen molar-refractivity contribution in [3.63, 3.8) is 0 Å². The predicted molar refractivity (Wildman–Crippen MR) is 161 cm³/mol. The maximum absolute atomic E-state index is 14.2. The highest BCUT2D eigenvalue weighted by Gasteiger charge is 2.34. The lowest BCUT2D eigenvalue weighted by molar-refractivity contribution is -0.384. The van der Waals surface area contributed by atoms with Crippen LogP contribution in [0, 0.1) is 10.1 Å². The van der Waals surface area contributed by atoms with Crippen molar-refractivity contribution in [1.29, 1.82) is 0 Å². The molecular weight excluding hydrogens is 560 g/mol. The molecular formula is C30H36N4O7S. The molecule has 3 aromatic rings. The molecule has 0 aromatic heterocycles. The molecule has 0 saturated carbocycles. The fraction of sp³-hybridized carbons (Fsp3) is 0.333. The molecule has 224 valence electrons. The molecule has 0 spiro atoms. The maximum atomic E-state index is 14.2. The van der Waals surface area contributed by atoms with Crippen LogP contribution in [0.4, 0.5) is 11.4 Å². The number of benzene rings is 3. The number of sulfonamides is 1. The SMILES string of the molecule is CC[C@@H](C)NC(=O)[C@@H](Cc1ccccc1)N(Cc1ccccc1)C(=O)CN(c1cc([N+](=O)[O-])ccc1OC)S(C)(=O)=O. The van der Waals surface area contributed by atoms with E-state index in [4.69, 9.17) is 4.74 Å². The fourth-order valence-electron chi connectivity index (χ4n) is 4.36. The summed E-state index contributed by atoms with van der Waals surface area (Å²) >= 11 is 0. The van der Waals surface area contributed by atoms with E-state index in [-0.39, 0.29) is 42.0 Å². The minimum absolute atomic E-state index is 0.0226. The number of rotatable bonds is 14. The average Bonchev–Trinajstić information content (AvgIpc) is 2.97. The lowest BCUT2D eigenvalue weighted by atomic mass is 10.0. The summed E-state index contributed by atoms with van der Waals surface area (Å²) in [4.78, 5) is 40.0. The number of non-ortho nitro benzene ring substituents is 1. The molecule has 3 aromatic carbocycles. The summed E-state index contributed by atoms with van der Waals surface area (Å²) in [5, 5.41) is 14.5. The minimum atomic E-state index is -4.14. The number of nitro groups is 1. The lowest BCUT2D eigenvalue weighted by Gasteiger charge is -2.34. The van der Waals surface area contributed by atoms with Crippen molar-refractivity contribution in [2.75, 3.05) is 24.2 Å². The molecule has 2 atom stereocenters. The van der Waals surface area contributed by atoms with Crippen molar-refractivity contribution in [3.05, 3.63) is 100 Å². The number of nitrogens with one attached hydrogen (secondary N) is 1. The number of methoxy groups -OCH3 is 1. The fourth-order valence-corrected chi connectivity index (χ4v) is 5.20. The normalized spacial score (nSPS) is 12.6. The third-order valence-corrected chi connectivity index (χ3v) is 7.92. The van der Waals surface area contributed by atoms with Gasteiger partial charge < -0.3 is 15.0 Å². The standard InChI is InChI=1S/C30H36N4O7S/c1-5-22(2)31-30(36)27(18-23-12-8-6-9-13-23)32(20-24-14-10-7-11-15-24)29(35)21-33(42(4,39)40)26-19-25(34(37)38)16-17-28(26)41-3/h6-17,19,22,27H,5,18,20-21H2,1-4H3,(H,31,36)/t22-,27-/m1/s1. The van der Waals surface area contributed by atoms with Gasteiger partial charge >= 0.3 is 0 Å². The number of carbonyl (C=O) groups is 2. The van der Waals surface area contributed by atoms with Crippen LogP contribution in [-0.4, -0.2) is 62.0 Å². The Balaban J connectivity index is 2.11. The number of nitrogens with zero attached hydrogens (tertiary/aromatic N) is 3. The molecule has 0 aliphatic heterocycles. The Bertz CT molecular complexity index is 1480. The number of hydrogen-bond donors (Lipinski definition) is 1. The van der Waals surface area contributed by atoms with E-state index in [1.807, 2.05) is 62.4 Å². The Morgan fingerprint density at radius 3 is 2.12 bits per heavy atom. The van der Waals surface area contributed by atoms with Crippen molar-refractivity contribution in [1.82, 2.24) is 10.2 Å². The van der Waals surface area contributed by atoms with Gasteiger partial charge in [0.2, 0.25) is 21.8 Å². The third kappa shape index (κ3) is 8.53. The average molecular weight is 597 g/mol. The summed E-state index contributed by atoms with van der Waals surface area (Å²) in [7, 11) is -2.84. The first-order chi connectivity index (χ1) is 19.9. The Morgan fingerprint density at radius 1 is 1.00 bits per heavy atom.